The van der Waals surface area contributed by atoms with Crippen LogP contribution in [-0.2, 0) is 13.1 Å². The molecule has 6 nitrogen and oxygen atoms in total. The van der Waals surface area contributed by atoms with E-state index in [4.69, 9.17) is 4.74 Å². The predicted molar refractivity (Wildman–Crippen MR) is 119 cm³/mol. The quantitative estimate of drug-likeness (QED) is 0.660. The number of amides is 2. The standard InChI is InChI=1S/C24H28N4O2/c1-3-13-28-17-22(21-5-4-12-25-23(21)28)19-10-14-27(15-11-19)24(29)26-16-18-6-8-20(30-2)9-7-18/h4-10,12,17H,3,11,13-16H2,1-2H3,(H,26,29). The number of ether oxygens (including phenoxy) is 1. The highest BCUT2D eigenvalue weighted by Crippen LogP contribution is 2.30. The minimum absolute atomic E-state index is 0.0313. The summed E-state index contributed by atoms with van der Waals surface area (Å²) in [7, 11) is 1.65. The molecule has 0 spiro atoms. The minimum atomic E-state index is -0.0313. The van der Waals surface area contributed by atoms with Crippen molar-refractivity contribution >= 4 is 22.6 Å². The lowest BCUT2D eigenvalue weighted by atomic mass is 10.00. The number of pyridine rings is 1. The number of carbonyl (C=O) groups excluding carboxylic acids is 1. The number of rotatable bonds is 6. The third kappa shape index (κ3) is 4.17. The molecular weight excluding hydrogens is 376 g/mol. The number of methoxy groups -OCH3 is 1. The monoisotopic (exact) mass is 404 g/mol. The second-order valence-corrected chi connectivity index (χ2v) is 7.54. The molecule has 0 saturated heterocycles. The van der Waals surface area contributed by atoms with Gasteiger partial charge in [0, 0.05) is 49.5 Å². The number of aryl methyl sites for hydroxylation is 1. The van der Waals surface area contributed by atoms with E-state index in [2.05, 4.69) is 40.1 Å². The van der Waals surface area contributed by atoms with E-state index in [0.29, 0.717) is 19.6 Å². The summed E-state index contributed by atoms with van der Waals surface area (Å²) < 4.78 is 7.41. The Morgan fingerprint density at radius 3 is 2.77 bits per heavy atom. The van der Waals surface area contributed by atoms with Gasteiger partial charge in [-0.25, -0.2) is 9.78 Å². The Morgan fingerprint density at radius 2 is 2.07 bits per heavy atom. The normalized spacial score (nSPS) is 13.9. The summed E-state index contributed by atoms with van der Waals surface area (Å²) in [5, 5.41) is 4.20. The van der Waals surface area contributed by atoms with Crippen LogP contribution in [0.2, 0.25) is 0 Å². The molecule has 1 aliphatic heterocycles. The van der Waals surface area contributed by atoms with Crippen molar-refractivity contribution in [1.82, 2.24) is 19.8 Å². The molecule has 0 fully saturated rings. The van der Waals surface area contributed by atoms with E-state index < -0.39 is 0 Å². The summed E-state index contributed by atoms with van der Waals surface area (Å²) in [6.07, 6.45) is 8.15. The van der Waals surface area contributed by atoms with E-state index in [1.165, 1.54) is 16.5 Å². The predicted octanol–water partition coefficient (Wildman–Crippen LogP) is 4.45. The Hall–Kier alpha value is -3.28. The zero-order valence-electron chi connectivity index (χ0n) is 17.6. The molecule has 0 saturated carbocycles. The van der Waals surface area contributed by atoms with E-state index in [9.17, 15) is 4.79 Å². The van der Waals surface area contributed by atoms with Gasteiger partial charge in [0.15, 0.2) is 0 Å². The zero-order chi connectivity index (χ0) is 20.9. The van der Waals surface area contributed by atoms with Crippen molar-refractivity contribution in [1.29, 1.82) is 0 Å². The highest BCUT2D eigenvalue weighted by Gasteiger charge is 2.20. The minimum Gasteiger partial charge on any atom is -0.497 e. The summed E-state index contributed by atoms with van der Waals surface area (Å²) in [5.74, 6) is 0.814. The molecule has 1 aromatic carbocycles. The molecule has 0 radical (unpaired) electrons. The number of nitrogens with zero attached hydrogens (tertiary/aromatic N) is 3. The van der Waals surface area contributed by atoms with Crippen molar-refractivity contribution < 1.29 is 9.53 Å². The van der Waals surface area contributed by atoms with Gasteiger partial charge in [-0.15, -0.1) is 0 Å². The van der Waals surface area contributed by atoms with E-state index in [1.807, 2.05) is 41.4 Å². The Morgan fingerprint density at radius 1 is 1.23 bits per heavy atom. The van der Waals surface area contributed by atoms with Gasteiger partial charge in [-0.2, -0.15) is 0 Å². The molecule has 30 heavy (non-hydrogen) atoms. The van der Waals surface area contributed by atoms with E-state index in [1.54, 1.807) is 7.11 Å². The Labute approximate surface area is 177 Å². The van der Waals surface area contributed by atoms with Crippen LogP contribution in [0.5, 0.6) is 5.75 Å². The van der Waals surface area contributed by atoms with Crippen LogP contribution in [0.3, 0.4) is 0 Å². The Balaban J connectivity index is 1.41. The van der Waals surface area contributed by atoms with Crippen molar-refractivity contribution in [2.75, 3.05) is 20.2 Å². The first-order chi connectivity index (χ1) is 14.7. The Kier molecular flexibility index (Phi) is 6.02. The van der Waals surface area contributed by atoms with Crippen molar-refractivity contribution in [3.63, 3.8) is 0 Å². The molecule has 2 aromatic heterocycles. The zero-order valence-corrected chi connectivity index (χ0v) is 17.6. The fourth-order valence-electron chi connectivity index (χ4n) is 3.92. The molecule has 2 amide bonds. The highest BCUT2D eigenvalue weighted by atomic mass is 16.5. The molecule has 0 bridgehead atoms. The van der Waals surface area contributed by atoms with Crippen molar-refractivity contribution in [2.45, 2.75) is 32.9 Å². The maximum absolute atomic E-state index is 12.6. The highest BCUT2D eigenvalue weighted by molar-refractivity contribution is 5.91. The first-order valence-electron chi connectivity index (χ1n) is 10.5. The van der Waals surface area contributed by atoms with Gasteiger partial charge in [-0.1, -0.05) is 25.1 Å². The van der Waals surface area contributed by atoms with Gasteiger partial charge in [-0.3, -0.25) is 0 Å². The fraction of sp³-hybridized carbons (Fsp3) is 0.333. The molecule has 1 aliphatic rings. The molecule has 0 atom stereocenters. The summed E-state index contributed by atoms with van der Waals surface area (Å²) in [6, 6.07) is 11.8. The second kappa shape index (κ2) is 9.03. The number of hydrogen-bond donors (Lipinski definition) is 1. The molecule has 1 N–H and O–H groups in total. The van der Waals surface area contributed by atoms with Crippen molar-refractivity contribution in [3.8, 4) is 5.75 Å². The summed E-state index contributed by atoms with van der Waals surface area (Å²) in [5.41, 5.74) is 4.62. The molecule has 156 valence electrons. The van der Waals surface area contributed by atoms with E-state index >= 15 is 0 Å². The molecule has 3 aromatic rings. The average Bonchev–Trinajstić information content (AvgIpc) is 3.17. The lowest BCUT2D eigenvalue weighted by molar-refractivity contribution is 0.202. The third-order valence-corrected chi connectivity index (χ3v) is 5.54. The maximum atomic E-state index is 12.6. The van der Waals surface area contributed by atoms with Gasteiger partial charge in [0.05, 0.1) is 7.11 Å². The first-order valence-corrected chi connectivity index (χ1v) is 10.5. The van der Waals surface area contributed by atoms with Crippen LogP contribution in [-0.4, -0.2) is 40.7 Å². The topological polar surface area (TPSA) is 59.4 Å². The van der Waals surface area contributed by atoms with E-state index in [0.717, 1.165) is 36.3 Å². The number of urea groups is 1. The van der Waals surface area contributed by atoms with Crippen LogP contribution >= 0.6 is 0 Å². The third-order valence-electron chi connectivity index (χ3n) is 5.54. The number of benzene rings is 1. The molecule has 4 rings (SSSR count). The van der Waals surface area contributed by atoms with Crippen LogP contribution < -0.4 is 10.1 Å². The van der Waals surface area contributed by atoms with Gasteiger partial charge in [0.1, 0.15) is 11.4 Å². The van der Waals surface area contributed by atoms with Crippen LogP contribution in [0.15, 0.2) is 54.9 Å². The molecule has 3 heterocycles. The van der Waals surface area contributed by atoms with Gasteiger partial charge >= 0.3 is 6.03 Å². The van der Waals surface area contributed by atoms with Crippen LogP contribution in [0.25, 0.3) is 16.6 Å². The number of nitrogens with one attached hydrogen (secondary N) is 1. The SMILES string of the molecule is CCCn1cc(C2=CCN(C(=O)NCc3ccc(OC)cc3)CC2)c2cccnc21. The second-order valence-electron chi connectivity index (χ2n) is 7.54. The van der Waals surface area contributed by atoms with Crippen molar-refractivity contribution in [2.24, 2.45) is 0 Å². The molecule has 0 aliphatic carbocycles. The first kappa shape index (κ1) is 20.0. The van der Waals surface area contributed by atoms with Crippen LogP contribution in [0.1, 0.15) is 30.9 Å². The molecule has 0 unspecified atom stereocenters. The smallest absolute Gasteiger partial charge is 0.317 e. The number of carbonyl (C=O) groups is 1. The maximum Gasteiger partial charge on any atom is 0.317 e. The lowest BCUT2D eigenvalue weighted by Crippen LogP contribution is -2.41. The summed E-state index contributed by atoms with van der Waals surface area (Å²) in [4.78, 5) is 19.0. The largest absolute Gasteiger partial charge is 0.497 e. The van der Waals surface area contributed by atoms with Crippen LogP contribution in [0, 0.1) is 0 Å². The fourth-order valence-corrected chi connectivity index (χ4v) is 3.92. The molecule has 6 heteroatoms. The van der Waals surface area contributed by atoms with Gasteiger partial charge in [0.25, 0.3) is 0 Å². The summed E-state index contributed by atoms with van der Waals surface area (Å²) in [6.45, 7) is 4.97. The summed E-state index contributed by atoms with van der Waals surface area (Å²) >= 11 is 0. The lowest BCUT2D eigenvalue weighted by Gasteiger charge is -2.26. The van der Waals surface area contributed by atoms with Gasteiger partial charge in [0.2, 0.25) is 0 Å². The number of hydrogen-bond acceptors (Lipinski definition) is 3. The van der Waals surface area contributed by atoms with E-state index in [-0.39, 0.29) is 6.03 Å². The Bertz CT molecular complexity index is 1050. The van der Waals surface area contributed by atoms with Crippen molar-refractivity contribution in [3.05, 3.63) is 66.0 Å². The molecular formula is C24H28N4O2. The number of aromatic nitrogens is 2. The van der Waals surface area contributed by atoms with Gasteiger partial charge < -0.3 is 19.5 Å². The van der Waals surface area contributed by atoms with Crippen LogP contribution in [0.4, 0.5) is 4.79 Å². The number of fused-ring (bicyclic) bond motifs is 1. The van der Waals surface area contributed by atoms with Gasteiger partial charge in [-0.05, 0) is 48.2 Å². The average molecular weight is 405 g/mol.